The molecule has 2 heterocycles. The van der Waals surface area contributed by atoms with Crippen molar-refractivity contribution >= 4 is 34.4 Å². The lowest BCUT2D eigenvalue weighted by atomic mass is 10.1. The van der Waals surface area contributed by atoms with E-state index >= 15 is 0 Å². The summed E-state index contributed by atoms with van der Waals surface area (Å²) in [5, 5.41) is 10.8. The second-order valence-corrected chi connectivity index (χ2v) is 7.75. The second-order valence-electron chi connectivity index (χ2n) is 6.69. The van der Waals surface area contributed by atoms with Crippen molar-refractivity contribution in [2.75, 3.05) is 11.4 Å². The molecule has 29 heavy (non-hydrogen) atoms. The number of thiophene rings is 1. The van der Waals surface area contributed by atoms with Crippen LogP contribution in [0.3, 0.4) is 0 Å². The Bertz CT molecular complexity index is 1150. The summed E-state index contributed by atoms with van der Waals surface area (Å²) in [7, 11) is 0. The third kappa shape index (κ3) is 3.42. The van der Waals surface area contributed by atoms with E-state index in [1.54, 1.807) is 6.07 Å². The third-order valence-electron chi connectivity index (χ3n) is 4.83. The monoisotopic (exact) mass is 410 g/mol. The van der Waals surface area contributed by atoms with Gasteiger partial charge < -0.3 is 4.90 Å². The molecule has 0 unspecified atom stereocenters. The van der Waals surface area contributed by atoms with Crippen molar-refractivity contribution in [3.05, 3.63) is 80.5 Å². The Morgan fingerprint density at radius 2 is 1.86 bits per heavy atom. The lowest BCUT2D eigenvalue weighted by Gasteiger charge is -2.23. The number of fused-ring (bicyclic) bond motifs is 3. The molecule has 2 aromatic carbocycles. The molecule has 4 rings (SSSR count). The fraction of sp³-hybridized carbons (Fsp3) is 0.143. The number of rotatable bonds is 3. The zero-order valence-corrected chi connectivity index (χ0v) is 16.2. The van der Waals surface area contributed by atoms with Crippen molar-refractivity contribution < 1.29 is 18.9 Å². The molecule has 0 aliphatic carbocycles. The van der Waals surface area contributed by atoms with Gasteiger partial charge in [-0.15, -0.1) is 11.3 Å². The molecule has 1 aromatic heterocycles. The molecular formula is C21H15FN2O4S. The molecule has 1 aliphatic heterocycles. The van der Waals surface area contributed by atoms with Gasteiger partial charge in [0.2, 0.25) is 0 Å². The van der Waals surface area contributed by atoms with Gasteiger partial charge in [0.1, 0.15) is 5.82 Å². The predicted octanol–water partition coefficient (Wildman–Crippen LogP) is 4.87. The quantitative estimate of drug-likeness (QED) is 0.351. The normalized spacial score (nSPS) is 12.7. The average Bonchev–Trinajstić information content (AvgIpc) is 3.06. The molecular weight excluding hydrogens is 395 g/mol. The van der Waals surface area contributed by atoms with Crippen LogP contribution in [0.2, 0.25) is 0 Å². The molecule has 0 spiro atoms. The topological polar surface area (TPSA) is 80.5 Å². The van der Waals surface area contributed by atoms with Gasteiger partial charge in [-0.2, -0.15) is 0 Å². The smallest absolute Gasteiger partial charge is 0.269 e. The molecule has 0 saturated heterocycles. The van der Waals surface area contributed by atoms with Crippen LogP contribution in [-0.2, 0) is 6.42 Å². The minimum absolute atomic E-state index is 0.0365. The largest absolute Gasteiger partial charge is 0.307 e. The number of carbonyl (C=O) groups is 2. The van der Waals surface area contributed by atoms with Gasteiger partial charge in [0.05, 0.1) is 15.5 Å². The summed E-state index contributed by atoms with van der Waals surface area (Å²) in [4.78, 5) is 38.2. The number of non-ortho nitro benzene ring substituents is 1. The van der Waals surface area contributed by atoms with Crippen molar-refractivity contribution in [3.8, 4) is 10.4 Å². The van der Waals surface area contributed by atoms with E-state index in [1.807, 2.05) is 6.07 Å². The van der Waals surface area contributed by atoms with Crippen LogP contribution in [0.4, 0.5) is 15.8 Å². The molecule has 3 aromatic rings. The molecule has 6 nitrogen and oxygen atoms in total. The highest BCUT2D eigenvalue weighted by molar-refractivity contribution is 7.17. The van der Waals surface area contributed by atoms with Gasteiger partial charge in [-0.25, -0.2) is 4.39 Å². The van der Waals surface area contributed by atoms with Crippen LogP contribution in [0.25, 0.3) is 10.4 Å². The zero-order valence-electron chi connectivity index (χ0n) is 15.3. The Balaban J connectivity index is 1.78. The minimum Gasteiger partial charge on any atom is -0.307 e. The Labute approximate surface area is 169 Å². The number of Topliss-reactive ketones (excluding diaryl/α,β-unsaturated/α-hetero) is 1. The molecule has 0 N–H and O–H groups in total. The number of hydrogen-bond donors (Lipinski definition) is 0. The highest BCUT2D eigenvalue weighted by Gasteiger charge is 2.28. The number of nitro groups is 1. The van der Waals surface area contributed by atoms with Crippen molar-refractivity contribution in [2.24, 2.45) is 0 Å². The molecule has 0 radical (unpaired) electrons. The highest BCUT2D eigenvalue weighted by atomic mass is 32.1. The molecule has 0 fully saturated rings. The number of amides is 1. The molecule has 1 aliphatic rings. The van der Waals surface area contributed by atoms with Crippen LogP contribution < -0.4 is 4.90 Å². The molecule has 0 saturated carbocycles. The first kappa shape index (κ1) is 18.9. The fourth-order valence-corrected chi connectivity index (χ4v) is 4.52. The minimum atomic E-state index is -0.532. The van der Waals surface area contributed by atoms with Gasteiger partial charge in [-0.1, -0.05) is 0 Å². The Hall–Kier alpha value is -3.39. The van der Waals surface area contributed by atoms with E-state index in [9.17, 15) is 24.1 Å². The lowest BCUT2D eigenvalue weighted by molar-refractivity contribution is -0.384. The van der Waals surface area contributed by atoms with E-state index in [2.05, 4.69) is 0 Å². The Morgan fingerprint density at radius 1 is 1.14 bits per heavy atom. The second kappa shape index (κ2) is 7.21. The number of nitrogens with zero attached hydrogens (tertiary/aromatic N) is 2. The first-order chi connectivity index (χ1) is 13.8. The van der Waals surface area contributed by atoms with Gasteiger partial charge in [0.15, 0.2) is 5.78 Å². The lowest BCUT2D eigenvalue weighted by Crippen LogP contribution is -2.32. The maximum atomic E-state index is 14.1. The number of anilines is 1. The summed E-state index contributed by atoms with van der Waals surface area (Å²) in [6, 6.07) is 11.4. The number of ketones is 1. The summed E-state index contributed by atoms with van der Waals surface area (Å²) >= 11 is 1.34. The number of benzene rings is 2. The molecule has 0 atom stereocenters. The number of hydrogen-bond acceptors (Lipinski definition) is 5. The maximum Gasteiger partial charge on any atom is 0.269 e. The molecule has 8 heteroatoms. The highest BCUT2D eigenvalue weighted by Crippen LogP contribution is 2.42. The standard InChI is InChI=1S/C21H15FN2O4S/c1-12(25)19-10-14-8-9-23(18-11-15(22)4-7-17(18)20(14)29-19)21(26)13-2-5-16(6-3-13)24(27)28/h2-7,10-11H,8-9H2,1H3. The van der Waals surface area contributed by atoms with Crippen LogP contribution in [-0.4, -0.2) is 23.2 Å². The molecule has 1 amide bonds. The van der Waals surface area contributed by atoms with Gasteiger partial charge in [-0.3, -0.25) is 19.7 Å². The van der Waals surface area contributed by atoms with Crippen LogP contribution in [0.15, 0.2) is 48.5 Å². The summed E-state index contributed by atoms with van der Waals surface area (Å²) < 4.78 is 14.1. The van der Waals surface area contributed by atoms with Crippen LogP contribution in [0.1, 0.15) is 32.5 Å². The SMILES string of the molecule is CC(=O)c1cc2c(s1)-c1ccc(F)cc1N(C(=O)c1ccc([N+](=O)[O-])cc1)CC2. The number of carbonyl (C=O) groups excluding carboxylic acids is 2. The van der Waals surface area contributed by atoms with Gasteiger partial charge in [-0.05, 0) is 55.3 Å². The average molecular weight is 410 g/mol. The van der Waals surface area contributed by atoms with Crippen LogP contribution >= 0.6 is 11.3 Å². The third-order valence-corrected chi connectivity index (χ3v) is 6.14. The van der Waals surface area contributed by atoms with E-state index < -0.39 is 10.7 Å². The molecule has 0 bridgehead atoms. The van der Waals surface area contributed by atoms with Crippen molar-refractivity contribution in [2.45, 2.75) is 13.3 Å². The number of nitro benzene ring substituents is 1. The van der Waals surface area contributed by atoms with E-state index in [0.717, 1.165) is 10.4 Å². The first-order valence-corrected chi connectivity index (χ1v) is 9.66. The number of halogens is 1. The predicted molar refractivity (Wildman–Crippen MR) is 108 cm³/mol. The summed E-state index contributed by atoms with van der Waals surface area (Å²) in [5.41, 5.74) is 2.21. The summed E-state index contributed by atoms with van der Waals surface area (Å²) in [6.45, 7) is 1.80. The van der Waals surface area contributed by atoms with E-state index in [-0.39, 0.29) is 22.9 Å². The Morgan fingerprint density at radius 3 is 2.52 bits per heavy atom. The van der Waals surface area contributed by atoms with Crippen molar-refractivity contribution in [3.63, 3.8) is 0 Å². The van der Waals surface area contributed by atoms with Gasteiger partial charge >= 0.3 is 0 Å². The Kier molecular flexibility index (Phi) is 4.71. The van der Waals surface area contributed by atoms with Crippen LogP contribution in [0, 0.1) is 15.9 Å². The molecule has 146 valence electrons. The first-order valence-electron chi connectivity index (χ1n) is 8.85. The maximum absolute atomic E-state index is 14.1. The van der Waals surface area contributed by atoms with Gasteiger partial charge in [0, 0.05) is 34.7 Å². The van der Waals surface area contributed by atoms with Crippen LogP contribution in [0.5, 0.6) is 0 Å². The van der Waals surface area contributed by atoms with E-state index in [4.69, 9.17) is 0 Å². The summed E-state index contributed by atoms with van der Waals surface area (Å²) in [6.07, 6.45) is 0.508. The van der Waals surface area contributed by atoms with Crippen molar-refractivity contribution in [1.29, 1.82) is 0 Å². The van der Waals surface area contributed by atoms with Gasteiger partial charge in [0.25, 0.3) is 11.6 Å². The van der Waals surface area contributed by atoms with E-state index in [0.29, 0.717) is 29.1 Å². The zero-order chi connectivity index (χ0) is 20.7. The van der Waals surface area contributed by atoms with E-state index in [1.165, 1.54) is 59.6 Å². The van der Waals surface area contributed by atoms with Crippen molar-refractivity contribution in [1.82, 2.24) is 0 Å². The summed E-state index contributed by atoms with van der Waals surface area (Å²) in [5.74, 6) is -0.878. The fourth-order valence-electron chi connectivity index (χ4n) is 3.38.